The predicted octanol–water partition coefficient (Wildman–Crippen LogP) is -0.151. The molecule has 1 heterocycles. The van der Waals surface area contributed by atoms with Crippen LogP contribution in [0.25, 0.3) is 0 Å². The molecule has 0 aliphatic heterocycles. The normalized spacial score (nSPS) is 14.0. The molecule has 0 spiro atoms. The predicted molar refractivity (Wildman–Crippen MR) is 54.7 cm³/mol. The summed E-state index contributed by atoms with van der Waals surface area (Å²) < 4.78 is 25.3. The maximum absolute atomic E-state index is 11.5. The highest BCUT2D eigenvalue weighted by Crippen LogP contribution is 2.02. The van der Waals surface area contributed by atoms with E-state index in [1.165, 1.54) is 12.5 Å². The maximum atomic E-state index is 11.5. The van der Waals surface area contributed by atoms with E-state index in [1.54, 1.807) is 0 Å². The Balaban J connectivity index is 2.52. The van der Waals surface area contributed by atoms with Crippen molar-refractivity contribution < 1.29 is 13.5 Å². The van der Waals surface area contributed by atoms with E-state index in [0.29, 0.717) is 6.42 Å². The molecule has 1 atom stereocenters. The second-order valence-electron chi connectivity index (χ2n) is 3.20. The summed E-state index contributed by atoms with van der Waals surface area (Å²) in [5.41, 5.74) is 0. The second kappa shape index (κ2) is 5.24. The summed E-state index contributed by atoms with van der Waals surface area (Å²) in [4.78, 5) is 6.18. The first-order chi connectivity index (χ1) is 7.06. The molecule has 0 saturated carbocycles. The fraction of sp³-hybridized carbons (Fsp3) is 0.625. The van der Waals surface area contributed by atoms with Crippen LogP contribution in [0, 0.1) is 0 Å². The van der Waals surface area contributed by atoms with E-state index in [0.717, 1.165) is 6.42 Å². The van der Waals surface area contributed by atoms with Crippen LogP contribution in [0.4, 0.5) is 0 Å². The van der Waals surface area contributed by atoms with Gasteiger partial charge in [-0.15, -0.1) is 0 Å². The van der Waals surface area contributed by atoms with Crippen LogP contribution in [0.5, 0.6) is 0 Å². The van der Waals surface area contributed by atoms with Crippen LogP contribution >= 0.6 is 0 Å². The van der Waals surface area contributed by atoms with Crippen molar-refractivity contribution >= 4 is 10.0 Å². The maximum Gasteiger partial charge on any atom is 0.259 e. The molecule has 6 nitrogen and oxygen atoms in total. The molecular weight excluding hydrogens is 218 g/mol. The van der Waals surface area contributed by atoms with E-state index < -0.39 is 16.1 Å². The molecule has 0 fully saturated rings. The monoisotopic (exact) mass is 233 g/mol. The van der Waals surface area contributed by atoms with Crippen LogP contribution in [0.1, 0.15) is 19.8 Å². The molecule has 86 valence electrons. The smallest absolute Gasteiger partial charge is 0.259 e. The number of nitrogens with one attached hydrogen (secondary N) is 2. The van der Waals surface area contributed by atoms with Gasteiger partial charge >= 0.3 is 0 Å². The minimum atomic E-state index is -3.58. The van der Waals surface area contributed by atoms with Crippen molar-refractivity contribution in [2.45, 2.75) is 30.9 Å². The third-order valence-corrected chi connectivity index (χ3v) is 3.20. The van der Waals surface area contributed by atoms with E-state index >= 15 is 0 Å². The Morgan fingerprint density at radius 1 is 1.67 bits per heavy atom. The van der Waals surface area contributed by atoms with E-state index in [2.05, 4.69) is 14.7 Å². The Morgan fingerprint density at radius 3 is 2.93 bits per heavy atom. The number of hydrogen-bond acceptors (Lipinski definition) is 4. The van der Waals surface area contributed by atoms with E-state index in [9.17, 15) is 13.5 Å². The number of nitrogens with zero attached hydrogens (tertiary/aromatic N) is 1. The number of rotatable bonds is 6. The van der Waals surface area contributed by atoms with Gasteiger partial charge in [-0.05, 0) is 6.42 Å². The average molecular weight is 233 g/mol. The van der Waals surface area contributed by atoms with Crippen LogP contribution in [-0.4, -0.2) is 36.1 Å². The lowest BCUT2D eigenvalue weighted by Crippen LogP contribution is -2.32. The number of aliphatic hydroxyl groups excluding tert-OH is 1. The number of sulfonamides is 1. The molecule has 0 aromatic carbocycles. The molecule has 1 unspecified atom stereocenters. The van der Waals surface area contributed by atoms with E-state index in [4.69, 9.17) is 0 Å². The zero-order chi connectivity index (χ0) is 11.3. The van der Waals surface area contributed by atoms with E-state index in [1.807, 2.05) is 6.92 Å². The number of hydrogen-bond donors (Lipinski definition) is 3. The molecule has 1 aromatic heterocycles. The Morgan fingerprint density at radius 2 is 2.40 bits per heavy atom. The quantitative estimate of drug-likeness (QED) is 0.636. The number of H-pyrrole nitrogens is 1. The molecule has 0 amide bonds. The first-order valence-corrected chi connectivity index (χ1v) is 6.21. The number of aliphatic hydroxyl groups is 1. The molecule has 0 radical (unpaired) electrons. The second-order valence-corrected chi connectivity index (χ2v) is 4.92. The summed E-state index contributed by atoms with van der Waals surface area (Å²) in [6.07, 6.45) is 3.31. The molecular formula is C8H15N3O3S. The Kier molecular flexibility index (Phi) is 4.25. The van der Waals surface area contributed by atoms with Gasteiger partial charge in [-0.2, -0.15) is 0 Å². The van der Waals surface area contributed by atoms with Crippen molar-refractivity contribution in [2.24, 2.45) is 0 Å². The molecule has 7 heteroatoms. The van der Waals surface area contributed by atoms with Crippen LogP contribution < -0.4 is 4.72 Å². The largest absolute Gasteiger partial charge is 0.392 e. The summed E-state index contributed by atoms with van der Waals surface area (Å²) in [7, 11) is -3.58. The minimum absolute atomic E-state index is 0.0169. The number of imidazole rings is 1. The Labute approximate surface area is 88.8 Å². The lowest BCUT2D eigenvalue weighted by atomic mass is 10.2. The highest BCUT2D eigenvalue weighted by Gasteiger charge is 2.16. The van der Waals surface area contributed by atoms with Crippen molar-refractivity contribution in [3.05, 3.63) is 12.5 Å². The van der Waals surface area contributed by atoms with E-state index in [-0.39, 0.29) is 11.6 Å². The fourth-order valence-electron chi connectivity index (χ4n) is 1.11. The van der Waals surface area contributed by atoms with Crippen molar-refractivity contribution in [1.29, 1.82) is 0 Å². The number of aromatic amines is 1. The van der Waals surface area contributed by atoms with Gasteiger partial charge in [0, 0.05) is 12.7 Å². The highest BCUT2D eigenvalue weighted by molar-refractivity contribution is 7.89. The van der Waals surface area contributed by atoms with Crippen molar-refractivity contribution in [3.63, 3.8) is 0 Å². The SMILES string of the molecule is CCCC(O)CNS(=O)(=O)c1c[nH]cn1. The summed E-state index contributed by atoms with van der Waals surface area (Å²) in [6, 6.07) is 0. The van der Waals surface area contributed by atoms with Gasteiger partial charge < -0.3 is 10.1 Å². The lowest BCUT2D eigenvalue weighted by Gasteiger charge is -2.09. The standard InChI is InChI=1S/C8H15N3O3S/c1-2-3-7(12)4-11-15(13,14)8-5-9-6-10-8/h5-7,11-12H,2-4H2,1H3,(H,9,10). The molecule has 0 aliphatic carbocycles. The summed E-state index contributed by atoms with van der Waals surface area (Å²) >= 11 is 0. The van der Waals surface area contributed by atoms with Crippen molar-refractivity contribution in [1.82, 2.24) is 14.7 Å². The van der Waals surface area contributed by atoms with Crippen molar-refractivity contribution in [2.75, 3.05) is 6.54 Å². The molecule has 15 heavy (non-hydrogen) atoms. The molecule has 0 saturated heterocycles. The molecule has 0 aliphatic rings. The Hall–Kier alpha value is -0.920. The van der Waals surface area contributed by atoms with Gasteiger partial charge in [0.05, 0.1) is 12.4 Å². The molecule has 1 rings (SSSR count). The number of aromatic nitrogens is 2. The molecule has 3 N–H and O–H groups in total. The highest BCUT2D eigenvalue weighted by atomic mass is 32.2. The third kappa shape index (κ3) is 3.61. The summed E-state index contributed by atoms with van der Waals surface area (Å²) in [5, 5.41) is 9.29. The zero-order valence-electron chi connectivity index (χ0n) is 8.47. The van der Waals surface area contributed by atoms with Crippen LogP contribution in [-0.2, 0) is 10.0 Å². The van der Waals surface area contributed by atoms with Gasteiger partial charge in [-0.1, -0.05) is 13.3 Å². The van der Waals surface area contributed by atoms with Gasteiger partial charge in [0.15, 0.2) is 5.03 Å². The van der Waals surface area contributed by atoms with Crippen molar-refractivity contribution in [3.8, 4) is 0 Å². The fourth-order valence-corrected chi connectivity index (χ4v) is 2.08. The lowest BCUT2D eigenvalue weighted by molar-refractivity contribution is 0.167. The first-order valence-electron chi connectivity index (χ1n) is 4.72. The Bertz CT molecular complexity index is 374. The average Bonchev–Trinajstić information content (AvgIpc) is 2.69. The zero-order valence-corrected chi connectivity index (χ0v) is 9.29. The van der Waals surface area contributed by atoms with Gasteiger partial charge in [-0.3, -0.25) is 0 Å². The minimum Gasteiger partial charge on any atom is -0.392 e. The molecule has 1 aromatic rings. The molecule has 0 bridgehead atoms. The van der Waals surface area contributed by atoms with Gasteiger partial charge in [0.1, 0.15) is 0 Å². The van der Waals surface area contributed by atoms with Crippen LogP contribution in [0.3, 0.4) is 0 Å². The first kappa shape index (κ1) is 12.2. The topological polar surface area (TPSA) is 95.1 Å². The van der Waals surface area contributed by atoms with Gasteiger partial charge in [-0.25, -0.2) is 18.1 Å². The van der Waals surface area contributed by atoms with Gasteiger partial charge in [0.2, 0.25) is 0 Å². The van der Waals surface area contributed by atoms with Gasteiger partial charge in [0.25, 0.3) is 10.0 Å². The summed E-state index contributed by atoms with van der Waals surface area (Å²) in [5.74, 6) is 0. The van der Waals surface area contributed by atoms with Crippen LogP contribution in [0.2, 0.25) is 0 Å². The summed E-state index contributed by atoms with van der Waals surface area (Å²) in [6.45, 7) is 1.94. The third-order valence-electron chi connectivity index (χ3n) is 1.88. The van der Waals surface area contributed by atoms with Crippen LogP contribution in [0.15, 0.2) is 17.6 Å².